The first-order valence-corrected chi connectivity index (χ1v) is 6.30. The van der Waals surface area contributed by atoms with E-state index in [0.717, 1.165) is 24.5 Å². The van der Waals surface area contributed by atoms with Gasteiger partial charge >= 0.3 is 0 Å². The molecule has 0 bridgehead atoms. The van der Waals surface area contributed by atoms with Gasteiger partial charge in [-0.15, -0.1) is 0 Å². The van der Waals surface area contributed by atoms with Crippen molar-refractivity contribution in [2.75, 3.05) is 19.6 Å². The Hall–Kier alpha value is -0.840. The summed E-state index contributed by atoms with van der Waals surface area (Å²) in [7, 11) is 0. The average Bonchev–Trinajstić information content (AvgIpc) is 2.71. The summed E-state index contributed by atoms with van der Waals surface area (Å²) in [6, 6.07) is 4.03. The zero-order chi connectivity index (χ0) is 12.4. The molecule has 1 aliphatic heterocycles. The van der Waals surface area contributed by atoms with Crippen molar-refractivity contribution in [3.05, 3.63) is 23.7 Å². The Morgan fingerprint density at radius 3 is 2.88 bits per heavy atom. The van der Waals surface area contributed by atoms with Crippen LogP contribution in [0.5, 0.6) is 0 Å². The van der Waals surface area contributed by atoms with E-state index in [1.54, 1.807) is 0 Å². The second-order valence-corrected chi connectivity index (χ2v) is 5.03. The van der Waals surface area contributed by atoms with Crippen LogP contribution < -0.4 is 5.73 Å². The molecule has 3 atom stereocenters. The fourth-order valence-corrected chi connectivity index (χ4v) is 2.43. The van der Waals surface area contributed by atoms with E-state index in [2.05, 4.69) is 11.8 Å². The molecule has 1 fully saturated rings. The molecule has 0 saturated carbocycles. The zero-order valence-electron chi connectivity index (χ0n) is 10.6. The number of hydrogen-bond acceptors (Lipinski definition) is 4. The predicted molar refractivity (Wildman–Crippen MR) is 66.6 cm³/mol. The van der Waals surface area contributed by atoms with Crippen molar-refractivity contribution in [3.8, 4) is 0 Å². The van der Waals surface area contributed by atoms with Gasteiger partial charge < -0.3 is 15.3 Å². The minimum atomic E-state index is -0.256. The molecule has 1 aliphatic rings. The van der Waals surface area contributed by atoms with Crippen LogP contribution in [0.3, 0.4) is 0 Å². The lowest BCUT2D eigenvalue weighted by atomic mass is 9.94. The molecule has 3 unspecified atom stereocenters. The third kappa shape index (κ3) is 2.70. The summed E-state index contributed by atoms with van der Waals surface area (Å²) in [4.78, 5) is 2.23. The van der Waals surface area contributed by atoms with E-state index in [1.807, 2.05) is 19.1 Å². The third-order valence-electron chi connectivity index (χ3n) is 3.70. The van der Waals surface area contributed by atoms with Crippen molar-refractivity contribution in [3.63, 3.8) is 0 Å². The fourth-order valence-electron chi connectivity index (χ4n) is 2.43. The van der Waals surface area contributed by atoms with Gasteiger partial charge in [0.2, 0.25) is 0 Å². The number of hydrogen-bond donors (Lipinski definition) is 2. The molecule has 4 heteroatoms. The highest BCUT2D eigenvalue weighted by Gasteiger charge is 2.30. The molecule has 0 amide bonds. The van der Waals surface area contributed by atoms with Crippen molar-refractivity contribution < 1.29 is 9.52 Å². The van der Waals surface area contributed by atoms with Crippen molar-refractivity contribution in [2.45, 2.75) is 32.4 Å². The second-order valence-electron chi connectivity index (χ2n) is 5.03. The quantitative estimate of drug-likeness (QED) is 0.833. The van der Waals surface area contributed by atoms with Gasteiger partial charge in [-0.05, 0) is 37.9 Å². The maximum absolute atomic E-state index is 9.93. The number of nitrogens with two attached hydrogens (primary N) is 1. The largest absolute Gasteiger partial charge is 0.465 e. The summed E-state index contributed by atoms with van der Waals surface area (Å²) in [5, 5.41) is 9.93. The minimum Gasteiger partial charge on any atom is -0.465 e. The molecule has 96 valence electrons. The van der Waals surface area contributed by atoms with E-state index in [1.165, 1.54) is 0 Å². The van der Waals surface area contributed by atoms with E-state index >= 15 is 0 Å². The Morgan fingerprint density at radius 2 is 2.35 bits per heavy atom. The number of aliphatic hydroxyl groups excluding tert-OH is 1. The molecule has 2 heterocycles. The number of aliphatic hydroxyl groups is 1. The number of β-amino-alcohol motifs (C(OH)–C–C–N with tert-alkyl or cyclic N) is 1. The summed E-state index contributed by atoms with van der Waals surface area (Å²) in [6.07, 6.45) is 0.756. The van der Waals surface area contributed by atoms with Crippen LogP contribution in [-0.2, 0) is 0 Å². The highest BCUT2D eigenvalue weighted by molar-refractivity contribution is 5.10. The number of likely N-dealkylation sites (tertiary alicyclic amines) is 1. The summed E-state index contributed by atoms with van der Waals surface area (Å²) >= 11 is 0. The summed E-state index contributed by atoms with van der Waals surface area (Å²) < 4.78 is 5.65. The Balaban J connectivity index is 2.08. The highest BCUT2D eigenvalue weighted by atomic mass is 16.3. The van der Waals surface area contributed by atoms with Crippen LogP contribution in [-0.4, -0.2) is 35.7 Å². The van der Waals surface area contributed by atoms with E-state index in [9.17, 15) is 5.11 Å². The third-order valence-corrected chi connectivity index (χ3v) is 3.70. The molecule has 1 aromatic heterocycles. The first-order chi connectivity index (χ1) is 8.11. The van der Waals surface area contributed by atoms with Gasteiger partial charge in [-0.1, -0.05) is 6.92 Å². The SMILES string of the molecule is Cc1ccc(C(CN)N2CCC(C)C(O)C2)o1. The zero-order valence-corrected chi connectivity index (χ0v) is 10.6. The summed E-state index contributed by atoms with van der Waals surface area (Å²) in [5.41, 5.74) is 5.84. The molecule has 1 aromatic rings. The van der Waals surface area contributed by atoms with Crippen molar-refractivity contribution >= 4 is 0 Å². The number of nitrogens with zero attached hydrogens (tertiary/aromatic N) is 1. The average molecular weight is 238 g/mol. The smallest absolute Gasteiger partial charge is 0.122 e. The summed E-state index contributed by atoms with van der Waals surface area (Å²) in [6.45, 7) is 6.21. The molecule has 0 aliphatic carbocycles. The first kappa shape index (κ1) is 12.6. The topological polar surface area (TPSA) is 62.6 Å². The van der Waals surface area contributed by atoms with Crippen molar-refractivity contribution in [1.29, 1.82) is 0 Å². The van der Waals surface area contributed by atoms with Gasteiger partial charge in [-0.25, -0.2) is 0 Å². The van der Waals surface area contributed by atoms with Gasteiger partial charge in [0.05, 0.1) is 12.1 Å². The molecule has 4 nitrogen and oxygen atoms in total. The monoisotopic (exact) mass is 238 g/mol. The van der Waals surface area contributed by atoms with Crippen LogP contribution in [0.4, 0.5) is 0 Å². The molecule has 0 spiro atoms. The molecule has 3 N–H and O–H groups in total. The van der Waals surface area contributed by atoms with Gasteiger partial charge in [0.25, 0.3) is 0 Å². The summed E-state index contributed by atoms with van der Waals surface area (Å²) in [5.74, 6) is 2.19. The maximum Gasteiger partial charge on any atom is 0.122 e. The first-order valence-electron chi connectivity index (χ1n) is 6.30. The standard InChI is InChI=1S/C13H22N2O2/c1-9-5-6-15(8-12(9)16)11(7-14)13-4-3-10(2)17-13/h3-4,9,11-12,16H,5-8,14H2,1-2H3. The van der Waals surface area contributed by atoms with E-state index in [4.69, 9.17) is 10.2 Å². The molecular formula is C13H22N2O2. The van der Waals surface area contributed by atoms with E-state index in [0.29, 0.717) is 19.0 Å². The van der Waals surface area contributed by atoms with Crippen molar-refractivity contribution in [1.82, 2.24) is 4.90 Å². The minimum absolute atomic E-state index is 0.0887. The number of furan rings is 1. The fraction of sp³-hybridized carbons (Fsp3) is 0.692. The Bertz CT molecular complexity index is 364. The Morgan fingerprint density at radius 1 is 1.59 bits per heavy atom. The van der Waals surface area contributed by atoms with Gasteiger partial charge in [-0.3, -0.25) is 4.90 Å². The molecule has 1 saturated heterocycles. The van der Waals surface area contributed by atoms with Crippen LogP contribution >= 0.6 is 0 Å². The van der Waals surface area contributed by atoms with Gasteiger partial charge in [0.1, 0.15) is 11.5 Å². The highest BCUT2D eigenvalue weighted by Crippen LogP contribution is 2.27. The molecule has 17 heavy (non-hydrogen) atoms. The van der Waals surface area contributed by atoms with Gasteiger partial charge in [0, 0.05) is 13.1 Å². The number of piperidine rings is 1. The Kier molecular flexibility index (Phi) is 3.86. The second kappa shape index (κ2) is 5.21. The lowest BCUT2D eigenvalue weighted by molar-refractivity contribution is 0.00706. The van der Waals surface area contributed by atoms with E-state index < -0.39 is 0 Å². The molecular weight excluding hydrogens is 216 g/mol. The van der Waals surface area contributed by atoms with Gasteiger partial charge in [-0.2, -0.15) is 0 Å². The van der Waals surface area contributed by atoms with E-state index in [-0.39, 0.29) is 12.1 Å². The molecule has 0 radical (unpaired) electrons. The number of aryl methyl sites for hydroxylation is 1. The number of rotatable bonds is 3. The lowest BCUT2D eigenvalue weighted by Crippen LogP contribution is -2.46. The molecule has 0 aromatic carbocycles. The normalized spacial score (nSPS) is 28.2. The van der Waals surface area contributed by atoms with Crippen LogP contribution in [0.25, 0.3) is 0 Å². The lowest BCUT2D eigenvalue weighted by Gasteiger charge is -2.38. The van der Waals surface area contributed by atoms with Crippen LogP contribution in [0.2, 0.25) is 0 Å². The Labute approximate surface area is 102 Å². The molecule has 2 rings (SSSR count). The van der Waals surface area contributed by atoms with Crippen LogP contribution in [0, 0.1) is 12.8 Å². The van der Waals surface area contributed by atoms with Crippen molar-refractivity contribution in [2.24, 2.45) is 11.7 Å². The predicted octanol–water partition coefficient (Wildman–Crippen LogP) is 1.29. The van der Waals surface area contributed by atoms with Crippen LogP contribution in [0.1, 0.15) is 30.9 Å². The van der Waals surface area contributed by atoms with Gasteiger partial charge in [0.15, 0.2) is 0 Å². The maximum atomic E-state index is 9.93. The van der Waals surface area contributed by atoms with Crippen LogP contribution in [0.15, 0.2) is 16.5 Å².